The van der Waals surface area contributed by atoms with Gasteiger partial charge in [0.25, 0.3) is 0 Å². The molecule has 0 aliphatic rings. The summed E-state index contributed by atoms with van der Waals surface area (Å²) in [5.41, 5.74) is 2.20. The molecule has 0 radical (unpaired) electrons. The Kier molecular flexibility index (Phi) is 6.84. The number of nitrogens with one attached hydrogen (secondary N) is 1. The van der Waals surface area contributed by atoms with Crippen molar-refractivity contribution < 1.29 is 14.6 Å². The first-order valence-electron chi connectivity index (χ1n) is 6.69. The molecule has 0 amide bonds. The van der Waals surface area contributed by atoms with Gasteiger partial charge in [0.05, 0.1) is 19.8 Å². The Bertz CT molecular complexity index is 382. The summed E-state index contributed by atoms with van der Waals surface area (Å²) in [6.45, 7) is 5.19. The fraction of sp³-hybridized carbons (Fsp3) is 0.600. The van der Waals surface area contributed by atoms with Gasteiger partial charge in [-0.3, -0.25) is 0 Å². The molecule has 0 saturated carbocycles. The second-order valence-electron chi connectivity index (χ2n) is 4.70. The number of hydrogen-bond acceptors (Lipinski definition) is 4. The van der Waals surface area contributed by atoms with E-state index in [0.717, 1.165) is 23.3 Å². The number of aliphatic hydroxyl groups excluding tert-OH is 1. The Hall–Kier alpha value is -1.10. The van der Waals surface area contributed by atoms with Crippen molar-refractivity contribution in [1.82, 2.24) is 5.32 Å². The molecule has 2 N–H and O–H groups in total. The zero-order valence-corrected chi connectivity index (χ0v) is 12.3. The molecule has 0 aliphatic heterocycles. The van der Waals surface area contributed by atoms with Gasteiger partial charge in [0.1, 0.15) is 5.75 Å². The molecule has 4 nitrogen and oxygen atoms in total. The van der Waals surface area contributed by atoms with E-state index in [1.165, 1.54) is 0 Å². The van der Waals surface area contributed by atoms with E-state index in [2.05, 4.69) is 18.3 Å². The van der Waals surface area contributed by atoms with E-state index in [4.69, 9.17) is 9.47 Å². The van der Waals surface area contributed by atoms with Crippen LogP contribution in [0.25, 0.3) is 0 Å². The second-order valence-corrected chi connectivity index (χ2v) is 4.70. The fourth-order valence-electron chi connectivity index (χ4n) is 1.91. The van der Waals surface area contributed by atoms with E-state index in [1.807, 2.05) is 19.1 Å². The number of ether oxygens (including phenoxy) is 2. The smallest absolute Gasteiger partial charge is 0.124 e. The van der Waals surface area contributed by atoms with Crippen molar-refractivity contribution in [1.29, 1.82) is 0 Å². The molecule has 0 heterocycles. The van der Waals surface area contributed by atoms with Crippen LogP contribution in [0.15, 0.2) is 18.2 Å². The van der Waals surface area contributed by atoms with Gasteiger partial charge in [-0.15, -0.1) is 0 Å². The molecule has 1 rings (SSSR count). The van der Waals surface area contributed by atoms with Crippen molar-refractivity contribution in [3.05, 3.63) is 29.3 Å². The summed E-state index contributed by atoms with van der Waals surface area (Å²) >= 11 is 0. The average molecular weight is 267 g/mol. The van der Waals surface area contributed by atoms with Crippen molar-refractivity contribution in [2.45, 2.75) is 39.0 Å². The molecule has 2 atom stereocenters. The number of aliphatic hydroxyl groups is 1. The van der Waals surface area contributed by atoms with E-state index in [-0.39, 0.29) is 12.1 Å². The minimum atomic E-state index is -0.292. The monoisotopic (exact) mass is 267 g/mol. The standard InChI is InChI=1S/C15H25NO3/c1-5-14(17)9-16-11(2)12-6-7-15(19-4)13(8-12)10-18-3/h6-8,11,14,16-17H,5,9-10H2,1-4H3. The molecule has 0 bridgehead atoms. The molecule has 1 aromatic carbocycles. The Morgan fingerprint density at radius 1 is 1.32 bits per heavy atom. The van der Waals surface area contributed by atoms with Crippen molar-refractivity contribution in [2.75, 3.05) is 20.8 Å². The molecule has 0 saturated heterocycles. The predicted molar refractivity (Wildman–Crippen MR) is 76.4 cm³/mol. The Balaban J connectivity index is 2.74. The molecular formula is C15H25NO3. The second kappa shape index (κ2) is 8.15. The molecule has 0 spiro atoms. The van der Waals surface area contributed by atoms with Gasteiger partial charge in [0.15, 0.2) is 0 Å². The first-order chi connectivity index (χ1) is 9.12. The summed E-state index contributed by atoms with van der Waals surface area (Å²) in [4.78, 5) is 0. The third-order valence-corrected chi connectivity index (χ3v) is 3.24. The SMILES string of the molecule is CCC(O)CNC(C)c1ccc(OC)c(COC)c1. The Morgan fingerprint density at radius 3 is 2.63 bits per heavy atom. The van der Waals surface area contributed by atoms with Crippen LogP contribution in [0, 0.1) is 0 Å². The van der Waals surface area contributed by atoms with Gasteiger partial charge >= 0.3 is 0 Å². The van der Waals surface area contributed by atoms with Gasteiger partial charge in [-0.05, 0) is 31.0 Å². The summed E-state index contributed by atoms with van der Waals surface area (Å²) in [5, 5.41) is 12.9. The van der Waals surface area contributed by atoms with Crippen molar-refractivity contribution in [3.8, 4) is 5.75 Å². The highest BCUT2D eigenvalue weighted by Crippen LogP contribution is 2.24. The lowest BCUT2D eigenvalue weighted by Crippen LogP contribution is -2.28. The minimum Gasteiger partial charge on any atom is -0.496 e. The summed E-state index contributed by atoms with van der Waals surface area (Å²) in [5.74, 6) is 0.839. The highest BCUT2D eigenvalue weighted by Gasteiger charge is 2.10. The van der Waals surface area contributed by atoms with Crippen LogP contribution >= 0.6 is 0 Å². The average Bonchev–Trinajstić information content (AvgIpc) is 2.44. The molecule has 108 valence electrons. The third kappa shape index (κ3) is 4.82. The number of benzene rings is 1. The molecule has 2 unspecified atom stereocenters. The molecule has 0 aliphatic carbocycles. The first kappa shape index (κ1) is 16.0. The van der Waals surface area contributed by atoms with E-state index in [1.54, 1.807) is 14.2 Å². The zero-order valence-electron chi connectivity index (χ0n) is 12.3. The summed E-state index contributed by atoms with van der Waals surface area (Å²) in [6.07, 6.45) is 0.469. The predicted octanol–water partition coefficient (Wildman–Crippen LogP) is 2.26. The number of methoxy groups -OCH3 is 2. The van der Waals surface area contributed by atoms with Crippen molar-refractivity contribution in [3.63, 3.8) is 0 Å². The number of rotatable bonds is 8. The van der Waals surface area contributed by atoms with Gasteiger partial charge in [0.2, 0.25) is 0 Å². The lowest BCUT2D eigenvalue weighted by molar-refractivity contribution is 0.163. The highest BCUT2D eigenvalue weighted by molar-refractivity contribution is 5.38. The lowest BCUT2D eigenvalue weighted by atomic mass is 10.0. The maximum Gasteiger partial charge on any atom is 0.124 e. The largest absolute Gasteiger partial charge is 0.496 e. The van der Waals surface area contributed by atoms with Gasteiger partial charge in [0, 0.05) is 25.3 Å². The Morgan fingerprint density at radius 2 is 2.05 bits per heavy atom. The van der Waals surface area contributed by atoms with E-state index in [0.29, 0.717) is 13.2 Å². The van der Waals surface area contributed by atoms with Crippen LogP contribution in [0.1, 0.15) is 37.4 Å². The molecule has 0 aromatic heterocycles. The normalized spacial score (nSPS) is 14.2. The van der Waals surface area contributed by atoms with E-state index in [9.17, 15) is 5.11 Å². The maximum atomic E-state index is 9.57. The topological polar surface area (TPSA) is 50.7 Å². The van der Waals surface area contributed by atoms with E-state index >= 15 is 0 Å². The van der Waals surface area contributed by atoms with Crippen LogP contribution in [0.2, 0.25) is 0 Å². The molecular weight excluding hydrogens is 242 g/mol. The van der Waals surface area contributed by atoms with Crippen molar-refractivity contribution >= 4 is 0 Å². The quantitative estimate of drug-likeness (QED) is 0.758. The molecule has 4 heteroatoms. The third-order valence-electron chi connectivity index (χ3n) is 3.24. The van der Waals surface area contributed by atoms with Crippen LogP contribution in [0.5, 0.6) is 5.75 Å². The highest BCUT2D eigenvalue weighted by atomic mass is 16.5. The van der Waals surface area contributed by atoms with Gasteiger partial charge in [-0.2, -0.15) is 0 Å². The minimum absolute atomic E-state index is 0.183. The van der Waals surface area contributed by atoms with Crippen LogP contribution in [0.3, 0.4) is 0 Å². The fourth-order valence-corrected chi connectivity index (χ4v) is 1.91. The van der Waals surface area contributed by atoms with Crippen molar-refractivity contribution in [2.24, 2.45) is 0 Å². The lowest BCUT2D eigenvalue weighted by Gasteiger charge is -2.18. The van der Waals surface area contributed by atoms with Crippen LogP contribution in [0.4, 0.5) is 0 Å². The van der Waals surface area contributed by atoms with Gasteiger partial charge in [-0.25, -0.2) is 0 Å². The first-order valence-corrected chi connectivity index (χ1v) is 6.69. The van der Waals surface area contributed by atoms with Crippen LogP contribution in [-0.2, 0) is 11.3 Å². The molecule has 19 heavy (non-hydrogen) atoms. The molecule has 0 fully saturated rings. The van der Waals surface area contributed by atoms with Crippen LogP contribution < -0.4 is 10.1 Å². The summed E-state index contributed by atoms with van der Waals surface area (Å²) in [6, 6.07) is 6.26. The van der Waals surface area contributed by atoms with Gasteiger partial charge < -0.3 is 19.9 Å². The number of hydrogen-bond donors (Lipinski definition) is 2. The molecule has 1 aromatic rings. The van der Waals surface area contributed by atoms with E-state index < -0.39 is 0 Å². The van der Waals surface area contributed by atoms with Gasteiger partial charge in [-0.1, -0.05) is 13.0 Å². The Labute approximate surface area is 115 Å². The summed E-state index contributed by atoms with van der Waals surface area (Å²) < 4.78 is 10.5. The maximum absolute atomic E-state index is 9.57. The summed E-state index contributed by atoms with van der Waals surface area (Å²) in [7, 11) is 3.33. The van der Waals surface area contributed by atoms with Crippen LogP contribution in [-0.4, -0.2) is 32.0 Å². The zero-order chi connectivity index (χ0) is 14.3.